The minimum Gasteiger partial charge on any atom is -0.496 e. The predicted molar refractivity (Wildman–Crippen MR) is 118 cm³/mol. The van der Waals surface area contributed by atoms with Crippen LogP contribution in [0.1, 0.15) is 16.7 Å². The lowest BCUT2D eigenvalue weighted by Crippen LogP contribution is -2.33. The van der Waals surface area contributed by atoms with Gasteiger partial charge in [0.15, 0.2) is 0 Å². The summed E-state index contributed by atoms with van der Waals surface area (Å²) in [6, 6.07) is 22.2. The van der Waals surface area contributed by atoms with Crippen LogP contribution in [0.5, 0.6) is 5.75 Å². The molecule has 0 unspecified atom stereocenters. The second kappa shape index (κ2) is 7.87. The number of anilines is 2. The normalized spacial score (nSPS) is 13.8. The maximum atomic E-state index is 13.6. The van der Waals surface area contributed by atoms with Crippen molar-refractivity contribution in [1.29, 1.82) is 0 Å². The molecule has 4 rings (SSSR count). The molecule has 1 heterocycles. The number of aryl methyl sites for hydroxylation is 2. The number of amides is 2. The Morgan fingerprint density at radius 1 is 0.767 bits per heavy atom. The van der Waals surface area contributed by atoms with Gasteiger partial charge in [-0.1, -0.05) is 54.6 Å². The first-order valence-corrected chi connectivity index (χ1v) is 9.67. The van der Waals surface area contributed by atoms with Crippen molar-refractivity contribution in [3.05, 3.63) is 95.2 Å². The van der Waals surface area contributed by atoms with Crippen LogP contribution in [0.25, 0.3) is 5.57 Å². The van der Waals surface area contributed by atoms with E-state index < -0.39 is 5.91 Å². The fourth-order valence-electron chi connectivity index (χ4n) is 3.63. The van der Waals surface area contributed by atoms with Crippen molar-refractivity contribution in [3.8, 4) is 5.75 Å². The van der Waals surface area contributed by atoms with E-state index in [1.54, 1.807) is 25.3 Å². The lowest BCUT2D eigenvalue weighted by Gasteiger charge is -2.18. The third kappa shape index (κ3) is 3.24. The summed E-state index contributed by atoms with van der Waals surface area (Å²) in [7, 11) is 1.55. The molecule has 3 aromatic rings. The Labute approximate surface area is 175 Å². The molecular weight excluding hydrogens is 376 g/mol. The summed E-state index contributed by atoms with van der Waals surface area (Å²) in [4.78, 5) is 28.3. The summed E-state index contributed by atoms with van der Waals surface area (Å²) < 4.78 is 5.48. The van der Waals surface area contributed by atoms with Gasteiger partial charge in [-0.2, -0.15) is 0 Å². The van der Waals surface area contributed by atoms with Gasteiger partial charge in [0.05, 0.1) is 18.4 Å². The fourth-order valence-corrected chi connectivity index (χ4v) is 3.63. The molecule has 5 nitrogen and oxygen atoms in total. The van der Waals surface area contributed by atoms with E-state index in [2.05, 4.69) is 5.32 Å². The molecule has 2 amide bonds. The number of nitrogens with one attached hydrogen (secondary N) is 1. The minimum atomic E-state index is -0.390. The van der Waals surface area contributed by atoms with Crippen LogP contribution in [0, 0.1) is 13.8 Å². The van der Waals surface area contributed by atoms with Gasteiger partial charge in [0, 0.05) is 11.3 Å². The van der Waals surface area contributed by atoms with E-state index in [4.69, 9.17) is 4.74 Å². The summed E-state index contributed by atoms with van der Waals surface area (Å²) in [6.45, 7) is 3.83. The average molecular weight is 398 g/mol. The quantitative estimate of drug-likeness (QED) is 0.633. The Hall–Kier alpha value is -3.86. The highest BCUT2D eigenvalue weighted by atomic mass is 16.5. The van der Waals surface area contributed by atoms with E-state index in [0.29, 0.717) is 22.6 Å². The van der Waals surface area contributed by atoms with Crippen molar-refractivity contribution >= 4 is 28.8 Å². The largest absolute Gasteiger partial charge is 0.496 e. The molecule has 0 atom stereocenters. The molecule has 1 N–H and O–H groups in total. The highest BCUT2D eigenvalue weighted by molar-refractivity contribution is 6.46. The topological polar surface area (TPSA) is 58.6 Å². The van der Waals surface area contributed by atoms with E-state index in [0.717, 1.165) is 16.8 Å². The second-order valence-corrected chi connectivity index (χ2v) is 7.12. The summed E-state index contributed by atoms with van der Waals surface area (Å²) in [5, 5.41) is 3.22. The van der Waals surface area contributed by atoms with Gasteiger partial charge in [0.1, 0.15) is 11.4 Å². The van der Waals surface area contributed by atoms with Gasteiger partial charge in [-0.05, 0) is 43.2 Å². The molecule has 0 bridgehead atoms. The Balaban J connectivity index is 1.90. The van der Waals surface area contributed by atoms with Crippen molar-refractivity contribution < 1.29 is 14.3 Å². The van der Waals surface area contributed by atoms with Crippen LogP contribution in [0.3, 0.4) is 0 Å². The molecule has 3 aromatic carbocycles. The number of para-hydroxylation sites is 3. The monoisotopic (exact) mass is 398 g/mol. The molecule has 150 valence electrons. The molecule has 0 saturated heterocycles. The first-order valence-electron chi connectivity index (χ1n) is 9.67. The van der Waals surface area contributed by atoms with Crippen molar-refractivity contribution in [3.63, 3.8) is 0 Å². The third-order valence-electron chi connectivity index (χ3n) is 5.22. The molecule has 0 aliphatic carbocycles. The first kappa shape index (κ1) is 19.5. The molecule has 0 radical (unpaired) electrons. The number of ether oxygens (including phenoxy) is 1. The third-order valence-corrected chi connectivity index (χ3v) is 5.22. The number of imide groups is 1. The van der Waals surface area contributed by atoms with Gasteiger partial charge in [0.2, 0.25) is 0 Å². The Kier molecular flexibility index (Phi) is 5.11. The number of carbonyl (C=O) groups is 2. The van der Waals surface area contributed by atoms with Crippen LogP contribution >= 0.6 is 0 Å². The molecule has 0 saturated carbocycles. The molecule has 30 heavy (non-hydrogen) atoms. The van der Waals surface area contributed by atoms with E-state index in [1.807, 2.05) is 68.4 Å². The van der Waals surface area contributed by atoms with E-state index >= 15 is 0 Å². The van der Waals surface area contributed by atoms with Crippen molar-refractivity contribution in [2.75, 3.05) is 17.3 Å². The molecule has 5 heteroatoms. The molecule has 0 fully saturated rings. The summed E-state index contributed by atoms with van der Waals surface area (Å²) in [6.07, 6.45) is 0. The predicted octanol–water partition coefficient (Wildman–Crippen LogP) is 4.71. The lowest BCUT2D eigenvalue weighted by molar-refractivity contribution is -0.120. The number of hydrogen-bond acceptors (Lipinski definition) is 4. The Bertz CT molecular complexity index is 1180. The van der Waals surface area contributed by atoms with Crippen LogP contribution < -0.4 is 15.0 Å². The van der Waals surface area contributed by atoms with Gasteiger partial charge in [0.25, 0.3) is 11.8 Å². The highest BCUT2D eigenvalue weighted by Gasteiger charge is 2.41. The van der Waals surface area contributed by atoms with Gasteiger partial charge >= 0.3 is 0 Å². The van der Waals surface area contributed by atoms with Crippen LogP contribution in [-0.4, -0.2) is 18.9 Å². The highest BCUT2D eigenvalue weighted by Crippen LogP contribution is 2.38. The number of rotatable bonds is 5. The molecule has 1 aliphatic rings. The average Bonchev–Trinajstić information content (AvgIpc) is 2.99. The zero-order chi connectivity index (χ0) is 21.3. The van der Waals surface area contributed by atoms with Crippen LogP contribution in [0.2, 0.25) is 0 Å². The standard InChI is InChI=1S/C25H22N2O3/c1-16-10-4-7-13-19(16)26-23-22(18-12-6-9-15-21(18)30-3)24(28)27(25(23)29)20-14-8-5-11-17(20)2/h4-15,26H,1-3H3. The fraction of sp³-hybridized carbons (Fsp3) is 0.120. The summed E-state index contributed by atoms with van der Waals surface area (Å²) in [5.74, 6) is -0.238. The Morgan fingerprint density at radius 3 is 2.10 bits per heavy atom. The Morgan fingerprint density at radius 2 is 1.40 bits per heavy atom. The zero-order valence-electron chi connectivity index (χ0n) is 17.1. The van der Waals surface area contributed by atoms with Gasteiger partial charge < -0.3 is 10.1 Å². The van der Waals surface area contributed by atoms with Gasteiger partial charge in [-0.25, -0.2) is 4.90 Å². The number of methoxy groups -OCH3 is 1. The lowest BCUT2D eigenvalue weighted by atomic mass is 10.0. The molecule has 0 spiro atoms. The van der Waals surface area contributed by atoms with Crippen molar-refractivity contribution in [2.24, 2.45) is 0 Å². The minimum absolute atomic E-state index is 0.238. The van der Waals surface area contributed by atoms with Crippen molar-refractivity contribution in [2.45, 2.75) is 13.8 Å². The second-order valence-electron chi connectivity index (χ2n) is 7.12. The first-order chi connectivity index (χ1) is 14.5. The summed E-state index contributed by atoms with van der Waals surface area (Å²) >= 11 is 0. The van der Waals surface area contributed by atoms with E-state index in [1.165, 1.54) is 4.90 Å². The van der Waals surface area contributed by atoms with E-state index in [-0.39, 0.29) is 11.6 Å². The SMILES string of the molecule is COc1ccccc1C1=C(Nc2ccccc2C)C(=O)N(c2ccccc2C)C1=O. The van der Waals surface area contributed by atoms with Gasteiger partial charge in [-0.15, -0.1) is 0 Å². The number of nitrogens with zero attached hydrogens (tertiary/aromatic N) is 1. The van der Waals surface area contributed by atoms with Crippen LogP contribution in [-0.2, 0) is 9.59 Å². The molecule has 0 aromatic heterocycles. The van der Waals surface area contributed by atoms with Crippen LogP contribution in [0.4, 0.5) is 11.4 Å². The smallest absolute Gasteiger partial charge is 0.282 e. The van der Waals surface area contributed by atoms with Gasteiger partial charge in [-0.3, -0.25) is 9.59 Å². The molecular formula is C25H22N2O3. The summed E-state index contributed by atoms with van der Waals surface area (Å²) in [5.41, 5.74) is 4.26. The maximum absolute atomic E-state index is 13.6. The zero-order valence-corrected chi connectivity index (χ0v) is 17.1. The molecule has 1 aliphatic heterocycles. The van der Waals surface area contributed by atoms with Crippen molar-refractivity contribution in [1.82, 2.24) is 0 Å². The maximum Gasteiger partial charge on any atom is 0.282 e. The van der Waals surface area contributed by atoms with Crippen LogP contribution in [0.15, 0.2) is 78.5 Å². The number of benzene rings is 3. The number of hydrogen-bond donors (Lipinski definition) is 1. The van der Waals surface area contributed by atoms with E-state index in [9.17, 15) is 9.59 Å². The number of carbonyl (C=O) groups excluding carboxylic acids is 2.